The number of carbonyl (C=O) groups excluding carboxylic acids is 1. The number of nitrogens with one attached hydrogen (secondary N) is 1. The van der Waals surface area contributed by atoms with Crippen molar-refractivity contribution in [3.8, 4) is 0 Å². The van der Waals surface area contributed by atoms with Crippen LogP contribution in [0.3, 0.4) is 0 Å². The second-order valence-electron chi connectivity index (χ2n) is 3.87. The molecule has 2 aromatic heterocycles. The van der Waals surface area contributed by atoms with Gasteiger partial charge in [0.1, 0.15) is 16.3 Å². The lowest BCUT2D eigenvalue weighted by Crippen LogP contribution is -2.26. The van der Waals surface area contributed by atoms with Crippen molar-refractivity contribution in [2.45, 2.75) is 19.9 Å². The van der Waals surface area contributed by atoms with E-state index in [1.54, 1.807) is 13.8 Å². The number of hydrogen-bond donors (Lipinski definition) is 2. The highest BCUT2D eigenvalue weighted by Gasteiger charge is 2.19. The van der Waals surface area contributed by atoms with E-state index in [1.165, 1.54) is 22.9 Å². The molecule has 7 nitrogen and oxygen atoms in total. The van der Waals surface area contributed by atoms with Gasteiger partial charge in [-0.25, -0.2) is 9.78 Å². The first-order valence-corrected chi connectivity index (χ1v) is 6.28. The van der Waals surface area contributed by atoms with Crippen LogP contribution in [0, 0.1) is 6.92 Å². The van der Waals surface area contributed by atoms with Crippen LogP contribution >= 0.6 is 11.3 Å². The number of carboxylic acid groups (broad SMARTS) is 1. The zero-order chi connectivity index (χ0) is 14.0. The van der Waals surface area contributed by atoms with Crippen LogP contribution in [-0.4, -0.2) is 27.1 Å². The van der Waals surface area contributed by atoms with Crippen molar-refractivity contribution in [3.05, 3.63) is 33.6 Å². The summed E-state index contributed by atoms with van der Waals surface area (Å²) in [6.45, 7) is 3.36. The van der Waals surface area contributed by atoms with Gasteiger partial charge in [-0.1, -0.05) is 5.16 Å². The molecule has 0 saturated heterocycles. The highest BCUT2D eigenvalue weighted by Crippen LogP contribution is 2.19. The highest BCUT2D eigenvalue weighted by atomic mass is 32.1. The van der Waals surface area contributed by atoms with Crippen molar-refractivity contribution in [2.24, 2.45) is 0 Å². The van der Waals surface area contributed by atoms with Gasteiger partial charge >= 0.3 is 5.97 Å². The zero-order valence-electron chi connectivity index (χ0n) is 10.2. The molecular formula is C11H11N3O4S. The summed E-state index contributed by atoms with van der Waals surface area (Å²) in [5.41, 5.74) is 0.323. The number of rotatable bonds is 4. The molecule has 0 aliphatic rings. The van der Waals surface area contributed by atoms with E-state index in [1.807, 2.05) is 0 Å². The molecule has 0 aliphatic carbocycles. The summed E-state index contributed by atoms with van der Waals surface area (Å²) in [4.78, 5) is 26.6. The molecule has 1 amide bonds. The number of aryl methyl sites for hydroxylation is 1. The number of amides is 1. The number of nitrogens with zero attached hydrogens (tertiary/aromatic N) is 2. The van der Waals surface area contributed by atoms with Crippen LogP contribution in [0.4, 0.5) is 0 Å². The number of carboxylic acids is 1. The topological polar surface area (TPSA) is 105 Å². The maximum atomic E-state index is 11.9. The molecule has 0 aromatic carbocycles. The lowest BCUT2D eigenvalue weighted by atomic mass is 10.2. The largest absolute Gasteiger partial charge is 0.476 e. The molecule has 0 saturated carbocycles. The second-order valence-corrected chi connectivity index (χ2v) is 4.76. The summed E-state index contributed by atoms with van der Waals surface area (Å²) >= 11 is 1.18. The number of hydrogen-bond acceptors (Lipinski definition) is 6. The normalized spacial score (nSPS) is 12.1. The first-order chi connectivity index (χ1) is 8.99. The molecule has 2 rings (SSSR count). The van der Waals surface area contributed by atoms with E-state index >= 15 is 0 Å². The Morgan fingerprint density at radius 3 is 2.79 bits per heavy atom. The Bertz CT molecular complexity index is 619. The predicted octanol–water partition coefficient (Wildman–Crippen LogP) is 1.63. The van der Waals surface area contributed by atoms with Gasteiger partial charge < -0.3 is 14.9 Å². The van der Waals surface area contributed by atoms with Gasteiger partial charge in [0.15, 0.2) is 5.69 Å². The molecular weight excluding hydrogens is 270 g/mol. The Balaban J connectivity index is 2.08. The van der Waals surface area contributed by atoms with Gasteiger partial charge in [0.2, 0.25) is 0 Å². The van der Waals surface area contributed by atoms with E-state index in [9.17, 15) is 9.59 Å². The fourth-order valence-corrected chi connectivity index (χ4v) is 2.24. The van der Waals surface area contributed by atoms with Gasteiger partial charge in [0.05, 0.1) is 12.2 Å². The molecule has 0 bridgehead atoms. The number of aromatic carboxylic acids is 1. The molecule has 100 valence electrons. The third-order valence-corrected chi connectivity index (χ3v) is 3.48. The Kier molecular flexibility index (Phi) is 3.61. The van der Waals surface area contributed by atoms with Crippen molar-refractivity contribution in [1.82, 2.24) is 15.5 Å². The lowest BCUT2D eigenvalue weighted by Gasteiger charge is -2.10. The quantitative estimate of drug-likeness (QED) is 0.882. The summed E-state index contributed by atoms with van der Waals surface area (Å²) in [6.07, 6.45) is 1.34. The molecule has 1 unspecified atom stereocenters. The minimum absolute atomic E-state index is 0.0257. The van der Waals surface area contributed by atoms with E-state index in [0.717, 1.165) is 0 Å². The van der Waals surface area contributed by atoms with Crippen LogP contribution in [0.15, 0.2) is 16.1 Å². The average molecular weight is 281 g/mol. The number of aromatic nitrogens is 2. The molecule has 0 radical (unpaired) electrons. The van der Waals surface area contributed by atoms with Crippen LogP contribution in [0.1, 0.15) is 44.6 Å². The maximum Gasteiger partial charge on any atom is 0.355 e. The van der Waals surface area contributed by atoms with Gasteiger partial charge in [-0.3, -0.25) is 4.79 Å². The standard InChI is InChI=1S/C11H11N3O4S/c1-5(10-14-8(4-19-10)11(16)17)13-9(15)7-3-12-18-6(7)2/h3-5H,1-2H3,(H,13,15)(H,16,17). The minimum Gasteiger partial charge on any atom is -0.476 e. The fraction of sp³-hybridized carbons (Fsp3) is 0.273. The zero-order valence-corrected chi connectivity index (χ0v) is 11.0. The summed E-state index contributed by atoms with van der Waals surface area (Å²) < 4.78 is 4.81. The first kappa shape index (κ1) is 13.2. The van der Waals surface area contributed by atoms with E-state index in [0.29, 0.717) is 16.3 Å². The molecule has 0 aliphatic heterocycles. The van der Waals surface area contributed by atoms with E-state index in [2.05, 4.69) is 15.5 Å². The molecule has 0 fully saturated rings. The van der Waals surface area contributed by atoms with Crippen LogP contribution in [0.5, 0.6) is 0 Å². The summed E-state index contributed by atoms with van der Waals surface area (Å²) in [5.74, 6) is -0.996. The van der Waals surface area contributed by atoms with Gasteiger partial charge in [-0.2, -0.15) is 0 Å². The SMILES string of the molecule is Cc1oncc1C(=O)NC(C)c1nc(C(=O)O)cs1. The average Bonchev–Trinajstić information content (AvgIpc) is 2.96. The van der Waals surface area contributed by atoms with Gasteiger partial charge in [0, 0.05) is 5.38 Å². The summed E-state index contributed by atoms with van der Waals surface area (Å²) in [7, 11) is 0. The molecule has 2 aromatic rings. The van der Waals surface area contributed by atoms with Crippen LogP contribution in [0.25, 0.3) is 0 Å². The maximum absolute atomic E-state index is 11.9. The predicted molar refractivity (Wildman–Crippen MR) is 66.2 cm³/mol. The molecule has 2 heterocycles. The van der Waals surface area contributed by atoms with Gasteiger partial charge in [-0.05, 0) is 13.8 Å². The molecule has 2 N–H and O–H groups in total. The second kappa shape index (κ2) is 5.19. The number of thiazole rings is 1. The number of carbonyl (C=O) groups is 2. The monoisotopic (exact) mass is 281 g/mol. The van der Waals surface area contributed by atoms with E-state index < -0.39 is 5.97 Å². The van der Waals surface area contributed by atoms with Crippen LogP contribution in [0.2, 0.25) is 0 Å². The Morgan fingerprint density at radius 1 is 1.53 bits per heavy atom. The van der Waals surface area contributed by atoms with Gasteiger partial charge in [-0.15, -0.1) is 11.3 Å². The smallest absolute Gasteiger partial charge is 0.355 e. The molecule has 8 heteroatoms. The van der Waals surface area contributed by atoms with Crippen molar-refractivity contribution in [3.63, 3.8) is 0 Å². The third-order valence-electron chi connectivity index (χ3n) is 2.45. The molecule has 19 heavy (non-hydrogen) atoms. The third kappa shape index (κ3) is 2.79. The van der Waals surface area contributed by atoms with Crippen molar-refractivity contribution >= 4 is 23.2 Å². The fourth-order valence-electron chi connectivity index (χ4n) is 1.44. The molecule has 1 atom stereocenters. The molecule has 0 spiro atoms. The van der Waals surface area contributed by atoms with E-state index in [4.69, 9.17) is 9.63 Å². The Hall–Kier alpha value is -2.22. The van der Waals surface area contributed by atoms with Crippen molar-refractivity contribution in [1.29, 1.82) is 0 Å². The van der Waals surface area contributed by atoms with Gasteiger partial charge in [0.25, 0.3) is 5.91 Å². The lowest BCUT2D eigenvalue weighted by molar-refractivity contribution is 0.0691. The Morgan fingerprint density at radius 2 is 2.26 bits per heavy atom. The van der Waals surface area contributed by atoms with Crippen LogP contribution < -0.4 is 5.32 Å². The van der Waals surface area contributed by atoms with E-state index in [-0.39, 0.29) is 17.6 Å². The minimum atomic E-state index is -1.09. The van der Waals surface area contributed by atoms with Crippen molar-refractivity contribution < 1.29 is 19.2 Å². The summed E-state index contributed by atoms with van der Waals surface area (Å²) in [5, 5.41) is 17.0. The first-order valence-electron chi connectivity index (χ1n) is 5.40. The van der Waals surface area contributed by atoms with Crippen LogP contribution in [-0.2, 0) is 0 Å². The highest BCUT2D eigenvalue weighted by molar-refractivity contribution is 7.09. The Labute approximate surface area is 112 Å². The summed E-state index contributed by atoms with van der Waals surface area (Å²) in [6, 6.07) is -0.389. The van der Waals surface area contributed by atoms with Crippen molar-refractivity contribution in [2.75, 3.05) is 0 Å².